The minimum absolute atomic E-state index is 0.0714. The number of rotatable bonds is 8. The largest absolute Gasteiger partial charge is 0.337 e. The molecule has 0 fully saturated rings. The van der Waals surface area contributed by atoms with Crippen molar-refractivity contribution in [1.82, 2.24) is 5.32 Å². The van der Waals surface area contributed by atoms with E-state index in [2.05, 4.69) is 12.2 Å². The molecule has 0 atom stereocenters. The number of urea groups is 1. The van der Waals surface area contributed by atoms with E-state index in [0.29, 0.717) is 0 Å². The SMILES string of the molecule is CCCCCCCNC(=O)N(c1ccccc1)c1ccccc1. The van der Waals surface area contributed by atoms with E-state index < -0.39 is 0 Å². The number of para-hydroxylation sites is 2. The Balaban J connectivity index is 1.99. The molecule has 0 saturated heterocycles. The van der Waals surface area contributed by atoms with E-state index in [1.807, 2.05) is 60.7 Å². The first-order chi connectivity index (χ1) is 11.3. The third-order valence-electron chi connectivity index (χ3n) is 3.79. The summed E-state index contributed by atoms with van der Waals surface area (Å²) in [5, 5.41) is 3.04. The molecule has 0 bridgehead atoms. The zero-order chi connectivity index (χ0) is 16.3. The minimum Gasteiger partial charge on any atom is -0.337 e. The average molecular weight is 310 g/mol. The number of amides is 2. The Kier molecular flexibility index (Phi) is 7.18. The second-order valence-electron chi connectivity index (χ2n) is 5.65. The van der Waals surface area contributed by atoms with Gasteiger partial charge in [0.2, 0.25) is 0 Å². The van der Waals surface area contributed by atoms with Gasteiger partial charge in [-0.05, 0) is 30.7 Å². The van der Waals surface area contributed by atoms with Gasteiger partial charge in [0.05, 0.1) is 11.4 Å². The van der Waals surface area contributed by atoms with E-state index in [1.165, 1.54) is 25.7 Å². The Labute approximate surface area is 139 Å². The van der Waals surface area contributed by atoms with Crippen LogP contribution in [0.5, 0.6) is 0 Å². The summed E-state index contributed by atoms with van der Waals surface area (Å²) in [4.78, 5) is 14.4. The fourth-order valence-corrected chi connectivity index (χ4v) is 2.54. The number of benzene rings is 2. The number of carbonyl (C=O) groups excluding carboxylic acids is 1. The van der Waals surface area contributed by atoms with Gasteiger partial charge < -0.3 is 5.32 Å². The monoisotopic (exact) mass is 310 g/mol. The molecule has 0 radical (unpaired) electrons. The molecule has 0 heterocycles. The lowest BCUT2D eigenvalue weighted by molar-refractivity contribution is 0.248. The van der Waals surface area contributed by atoms with Crippen LogP contribution in [-0.4, -0.2) is 12.6 Å². The standard InChI is InChI=1S/C20H26N2O/c1-2-3-4-5-12-17-21-20(23)22(18-13-8-6-9-14-18)19-15-10-7-11-16-19/h6-11,13-16H,2-5,12,17H2,1H3,(H,21,23). The van der Waals surface area contributed by atoms with E-state index in [4.69, 9.17) is 0 Å². The quantitative estimate of drug-likeness (QED) is 0.641. The zero-order valence-electron chi connectivity index (χ0n) is 13.9. The van der Waals surface area contributed by atoms with Crippen molar-refractivity contribution < 1.29 is 4.79 Å². The van der Waals surface area contributed by atoms with E-state index >= 15 is 0 Å². The lowest BCUT2D eigenvalue weighted by Gasteiger charge is -2.23. The van der Waals surface area contributed by atoms with Crippen LogP contribution in [0.2, 0.25) is 0 Å². The molecule has 0 aliphatic rings. The predicted molar refractivity (Wildman–Crippen MR) is 97.2 cm³/mol. The summed E-state index contributed by atoms with van der Waals surface area (Å²) in [6, 6.07) is 19.4. The highest BCUT2D eigenvalue weighted by Crippen LogP contribution is 2.24. The number of carbonyl (C=O) groups is 1. The molecule has 3 heteroatoms. The molecular weight excluding hydrogens is 284 g/mol. The van der Waals surface area contributed by atoms with Crippen molar-refractivity contribution in [1.29, 1.82) is 0 Å². The molecule has 0 aromatic heterocycles. The second kappa shape index (κ2) is 9.67. The van der Waals surface area contributed by atoms with Gasteiger partial charge in [0, 0.05) is 6.54 Å². The van der Waals surface area contributed by atoms with Crippen LogP contribution < -0.4 is 10.2 Å². The van der Waals surface area contributed by atoms with E-state index in [0.717, 1.165) is 24.3 Å². The lowest BCUT2D eigenvalue weighted by Crippen LogP contribution is -2.37. The minimum atomic E-state index is -0.0714. The van der Waals surface area contributed by atoms with Gasteiger partial charge in [-0.1, -0.05) is 69.0 Å². The van der Waals surface area contributed by atoms with Crippen molar-refractivity contribution in [3.05, 3.63) is 60.7 Å². The fraction of sp³-hybridized carbons (Fsp3) is 0.350. The summed E-state index contributed by atoms with van der Waals surface area (Å²) in [6.07, 6.45) is 5.96. The Morgan fingerprint density at radius 3 is 1.87 bits per heavy atom. The number of hydrogen-bond donors (Lipinski definition) is 1. The summed E-state index contributed by atoms with van der Waals surface area (Å²) >= 11 is 0. The van der Waals surface area contributed by atoms with Crippen molar-refractivity contribution in [3.8, 4) is 0 Å². The van der Waals surface area contributed by atoms with Crippen LogP contribution in [0.15, 0.2) is 60.7 Å². The summed E-state index contributed by atoms with van der Waals surface area (Å²) in [6.45, 7) is 2.93. The van der Waals surface area contributed by atoms with Crippen LogP contribution in [0.3, 0.4) is 0 Å². The van der Waals surface area contributed by atoms with Crippen molar-refractivity contribution in [2.45, 2.75) is 39.0 Å². The average Bonchev–Trinajstić information content (AvgIpc) is 2.60. The molecule has 0 aliphatic heterocycles. The maximum absolute atomic E-state index is 12.6. The number of hydrogen-bond acceptors (Lipinski definition) is 1. The van der Waals surface area contributed by atoms with Crippen LogP contribution in [0.25, 0.3) is 0 Å². The highest BCUT2D eigenvalue weighted by Gasteiger charge is 2.16. The normalized spacial score (nSPS) is 10.3. The first-order valence-electron chi connectivity index (χ1n) is 8.51. The van der Waals surface area contributed by atoms with Crippen LogP contribution in [0.4, 0.5) is 16.2 Å². The first-order valence-corrected chi connectivity index (χ1v) is 8.51. The molecule has 0 unspecified atom stereocenters. The summed E-state index contributed by atoms with van der Waals surface area (Å²) in [7, 11) is 0. The van der Waals surface area contributed by atoms with Crippen LogP contribution in [-0.2, 0) is 0 Å². The Morgan fingerprint density at radius 1 is 0.826 bits per heavy atom. The maximum atomic E-state index is 12.6. The molecule has 0 spiro atoms. The van der Waals surface area contributed by atoms with Gasteiger partial charge >= 0.3 is 6.03 Å². The van der Waals surface area contributed by atoms with Gasteiger partial charge in [0.25, 0.3) is 0 Å². The molecule has 2 aromatic rings. The third kappa shape index (κ3) is 5.44. The first kappa shape index (κ1) is 17.1. The molecule has 2 amide bonds. The van der Waals surface area contributed by atoms with Gasteiger partial charge in [-0.15, -0.1) is 0 Å². The Morgan fingerprint density at radius 2 is 1.35 bits per heavy atom. The van der Waals surface area contributed by atoms with Gasteiger partial charge in [0.15, 0.2) is 0 Å². The molecule has 2 aromatic carbocycles. The van der Waals surface area contributed by atoms with Crippen molar-refractivity contribution >= 4 is 17.4 Å². The fourth-order valence-electron chi connectivity index (χ4n) is 2.54. The lowest BCUT2D eigenvalue weighted by atomic mass is 10.1. The van der Waals surface area contributed by atoms with Crippen molar-refractivity contribution in [2.75, 3.05) is 11.4 Å². The number of anilines is 2. The van der Waals surface area contributed by atoms with E-state index in [9.17, 15) is 4.79 Å². The smallest absolute Gasteiger partial charge is 0.326 e. The summed E-state index contributed by atoms with van der Waals surface area (Å²) in [5.41, 5.74) is 1.75. The molecule has 1 N–H and O–H groups in total. The zero-order valence-corrected chi connectivity index (χ0v) is 13.9. The predicted octanol–water partition coefficient (Wildman–Crippen LogP) is 5.50. The molecule has 122 valence electrons. The van der Waals surface area contributed by atoms with Crippen molar-refractivity contribution in [3.63, 3.8) is 0 Å². The van der Waals surface area contributed by atoms with E-state index in [-0.39, 0.29) is 6.03 Å². The molecule has 2 rings (SSSR count). The third-order valence-corrected chi connectivity index (χ3v) is 3.79. The van der Waals surface area contributed by atoms with E-state index in [1.54, 1.807) is 4.90 Å². The Bertz CT molecular complexity index is 529. The number of unbranched alkanes of at least 4 members (excludes halogenated alkanes) is 4. The highest BCUT2D eigenvalue weighted by molar-refractivity contribution is 5.99. The molecular formula is C20H26N2O. The van der Waals surface area contributed by atoms with Crippen LogP contribution in [0.1, 0.15) is 39.0 Å². The van der Waals surface area contributed by atoms with Gasteiger partial charge in [-0.25, -0.2) is 4.79 Å². The van der Waals surface area contributed by atoms with Crippen LogP contribution >= 0.6 is 0 Å². The molecule has 0 saturated carbocycles. The number of nitrogens with zero attached hydrogens (tertiary/aromatic N) is 1. The maximum Gasteiger partial charge on any atom is 0.326 e. The highest BCUT2D eigenvalue weighted by atomic mass is 16.2. The Hall–Kier alpha value is -2.29. The second-order valence-corrected chi connectivity index (χ2v) is 5.65. The molecule has 0 aliphatic carbocycles. The topological polar surface area (TPSA) is 32.3 Å². The van der Waals surface area contributed by atoms with Gasteiger partial charge in [-0.2, -0.15) is 0 Å². The van der Waals surface area contributed by atoms with Crippen molar-refractivity contribution in [2.24, 2.45) is 0 Å². The number of nitrogens with one attached hydrogen (secondary N) is 1. The molecule has 3 nitrogen and oxygen atoms in total. The van der Waals surface area contributed by atoms with Gasteiger partial charge in [-0.3, -0.25) is 4.90 Å². The summed E-state index contributed by atoms with van der Waals surface area (Å²) < 4.78 is 0. The molecule has 23 heavy (non-hydrogen) atoms. The van der Waals surface area contributed by atoms with Crippen LogP contribution in [0, 0.1) is 0 Å². The van der Waals surface area contributed by atoms with Gasteiger partial charge in [0.1, 0.15) is 0 Å². The summed E-state index contributed by atoms with van der Waals surface area (Å²) in [5.74, 6) is 0.